The van der Waals surface area contributed by atoms with Crippen LogP contribution in [-0.4, -0.2) is 30.9 Å². The van der Waals surface area contributed by atoms with E-state index in [1.165, 1.54) is 6.92 Å². The van der Waals surface area contributed by atoms with Crippen molar-refractivity contribution in [3.8, 4) is 5.75 Å². The van der Waals surface area contributed by atoms with Gasteiger partial charge in [-0.3, -0.25) is 4.79 Å². The van der Waals surface area contributed by atoms with Crippen LogP contribution in [0, 0.1) is 0 Å². The molecule has 27 heavy (non-hydrogen) atoms. The second-order valence-corrected chi connectivity index (χ2v) is 5.99. The fourth-order valence-corrected chi connectivity index (χ4v) is 2.86. The Balaban J connectivity index is 1.63. The van der Waals surface area contributed by atoms with Crippen LogP contribution in [0.15, 0.2) is 48.5 Å². The number of rotatable bonds is 4. The molecular weight excluding hydrogens is 363 g/mol. The molecule has 142 valence electrons. The Labute approximate surface area is 153 Å². The highest BCUT2D eigenvalue weighted by Gasteiger charge is 2.32. The number of benzene rings is 2. The number of carbonyl (C=O) groups excluding carboxylic acids is 2. The van der Waals surface area contributed by atoms with E-state index in [-0.39, 0.29) is 11.5 Å². The lowest BCUT2D eigenvalue weighted by Gasteiger charge is -2.21. The molecule has 1 heterocycles. The Morgan fingerprint density at radius 2 is 1.74 bits per heavy atom. The van der Waals surface area contributed by atoms with E-state index >= 15 is 0 Å². The summed E-state index contributed by atoms with van der Waals surface area (Å²) in [4.78, 5) is 26.3. The number of carbonyl (C=O) groups is 2. The highest BCUT2D eigenvalue weighted by Crippen LogP contribution is 2.28. The summed E-state index contributed by atoms with van der Waals surface area (Å²) in [6, 6.07) is 11.8. The van der Waals surface area contributed by atoms with Crippen LogP contribution in [0.4, 0.5) is 18.9 Å². The smallest absolute Gasteiger partial charge is 0.449 e. The molecule has 2 aromatic rings. The van der Waals surface area contributed by atoms with Crippen molar-refractivity contribution < 1.29 is 32.2 Å². The number of nitrogens with zero attached hydrogens (tertiary/aromatic N) is 1. The number of anilines is 1. The lowest BCUT2D eigenvalue weighted by Crippen LogP contribution is -2.39. The largest absolute Gasteiger partial charge is 0.573 e. The van der Waals surface area contributed by atoms with Crippen molar-refractivity contribution >= 4 is 17.6 Å². The van der Waals surface area contributed by atoms with Crippen LogP contribution < -0.4 is 9.64 Å². The number of esters is 1. The molecule has 8 heteroatoms. The minimum Gasteiger partial charge on any atom is -0.449 e. The van der Waals surface area contributed by atoms with E-state index in [0.717, 1.165) is 41.9 Å². The molecule has 0 N–H and O–H groups in total. The molecule has 0 saturated carbocycles. The minimum absolute atomic E-state index is 0.0194. The quantitative estimate of drug-likeness (QED) is 0.760. The number of hydrogen-bond acceptors (Lipinski definition) is 4. The van der Waals surface area contributed by atoms with Gasteiger partial charge in [0.05, 0.1) is 5.56 Å². The van der Waals surface area contributed by atoms with Gasteiger partial charge in [-0.25, -0.2) is 4.79 Å². The molecule has 0 fully saturated rings. The third-order valence-corrected chi connectivity index (χ3v) is 4.11. The van der Waals surface area contributed by atoms with Crippen molar-refractivity contribution in [3.63, 3.8) is 0 Å². The Bertz CT molecular complexity index is 849. The van der Waals surface area contributed by atoms with Gasteiger partial charge >= 0.3 is 12.3 Å². The van der Waals surface area contributed by atoms with Crippen molar-refractivity contribution in [3.05, 3.63) is 59.7 Å². The first kappa shape index (κ1) is 18.8. The topological polar surface area (TPSA) is 55.8 Å². The third-order valence-electron chi connectivity index (χ3n) is 4.11. The summed E-state index contributed by atoms with van der Waals surface area (Å²) in [6.45, 7) is 1.96. The SMILES string of the molecule is C[C@H](OC(=O)c1ccc(OC(F)(F)F)cc1)C(=O)N1CCc2ccccc21. The molecule has 0 saturated heterocycles. The first-order valence-corrected chi connectivity index (χ1v) is 8.21. The fourth-order valence-electron chi connectivity index (χ4n) is 2.86. The molecule has 2 aromatic carbocycles. The molecule has 0 spiro atoms. The molecule has 5 nitrogen and oxygen atoms in total. The van der Waals surface area contributed by atoms with Crippen molar-refractivity contribution in [2.24, 2.45) is 0 Å². The highest BCUT2D eigenvalue weighted by molar-refractivity contribution is 6.00. The van der Waals surface area contributed by atoms with Crippen LogP contribution in [-0.2, 0) is 16.0 Å². The summed E-state index contributed by atoms with van der Waals surface area (Å²) in [6.07, 6.45) is -5.12. The molecule has 0 aromatic heterocycles. The first-order chi connectivity index (χ1) is 12.7. The van der Waals surface area contributed by atoms with E-state index in [0.29, 0.717) is 6.54 Å². The van der Waals surface area contributed by atoms with Gasteiger partial charge in [0.15, 0.2) is 6.10 Å². The summed E-state index contributed by atoms with van der Waals surface area (Å²) in [5, 5.41) is 0. The Morgan fingerprint density at radius 1 is 1.07 bits per heavy atom. The van der Waals surface area contributed by atoms with Crippen LogP contribution in [0.5, 0.6) is 5.75 Å². The van der Waals surface area contributed by atoms with Gasteiger partial charge in [-0.15, -0.1) is 13.2 Å². The van der Waals surface area contributed by atoms with E-state index < -0.39 is 24.2 Å². The molecule has 0 bridgehead atoms. The number of hydrogen-bond donors (Lipinski definition) is 0. The Hall–Kier alpha value is -3.03. The zero-order valence-electron chi connectivity index (χ0n) is 14.3. The zero-order chi connectivity index (χ0) is 19.6. The summed E-state index contributed by atoms with van der Waals surface area (Å²) in [5.41, 5.74) is 1.86. The van der Waals surface area contributed by atoms with E-state index in [2.05, 4.69) is 4.74 Å². The zero-order valence-corrected chi connectivity index (χ0v) is 14.3. The predicted molar refractivity (Wildman–Crippen MR) is 90.5 cm³/mol. The number of para-hydroxylation sites is 1. The second kappa shape index (κ2) is 7.30. The van der Waals surface area contributed by atoms with E-state index in [1.54, 1.807) is 4.90 Å². The lowest BCUT2D eigenvalue weighted by atomic mass is 10.2. The summed E-state index contributed by atoms with van der Waals surface area (Å²) < 4.78 is 45.4. The number of fused-ring (bicyclic) bond motifs is 1. The van der Waals surface area contributed by atoms with Crippen LogP contribution in [0.2, 0.25) is 0 Å². The standard InChI is InChI=1S/C19H16F3NO4/c1-12(17(24)23-11-10-13-4-2-3-5-16(13)23)26-18(25)14-6-8-15(9-7-14)27-19(20,21)22/h2-9,12H,10-11H2,1H3/t12-/m0/s1. The molecule has 3 rings (SSSR count). The molecule has 0 aliphatic carbocycles. The monoisotopic (exact) mass is 379 g/mol. The molecule has 1 amide bonds. The van der Waals surface area contributed by atoms with Gasteiger partial charge in [0.1, 0.15) is 5.75 Å². The Kier molecular flexibility index (Phi) is 5.07. The predicted octanol–water partition coefficient (Wildman–Crippen LogP) is 3.72. The number of alkyl halides is 3. The second-order valence-electron chi connectivity index (χ2n) is 5.99. The van der Waals surface area contributed by atoms with Gasteiger partial charge in [-0.1, -0.05) is 18.2 Å². The van der Waals surface area contributed by atoms with Gasteiger partial charge < -0.3 is 14.4 Å². The summed E-state index contributed by atoms with van der Waals surface area (Å²) >= 11 is 0. The van der Waals surface area contributed by atoms with Gasteiger partial charge in [0.25, 0.3) is 5.91 Å². The Morgan fingerprint density at radius 3 is 2.41 bits per heavy atom. The molecular formula is C19H16F3NO4. The third kappa shape index (κ3) is 4.39. The van der Waals surface area contributed by atoms with Gasteiger partial charge in [0.2, 0.25) is 0 Å². The minimum atomic E-state index is -4.81. The molecule has 1 atom stereocenters. The summed E-state index contributed by atoms with van der Waals surface area (Å²) in [7, 11) is 0. The average Bonchev–Trinajstić information content (AvgIpc) is 3.04. The van der Waals surface area contributed by atoms with Crippen molar-refractivity contribution in [2.75, 3.05) is 11.4 Å². The van der Waals surface area contributed by atoms with Crippen LogP contribution in [0.3, 0.4) is 0 Å². The number of halogens is 3. The van der Waals surface area contributed by atoms with E-state index in [4.69, 9.17) is 4.74 Å². The number of amides is 1. The normalized spacial score (nSPS) is 14.4. The fraction of sp³-hybridized carbons (Fsp3) is 0.263. The maximum absolute atomic E-state index is 12.6. The van der Waals surface area contributed by atoms with Crippen molar-refractivity contribution in [1.82, 2.24) is 0 Å². The van der Waals surface area contributed by atoms with Crippen LogP contribution in [0.1, 0.15) is 22.8 Å². The molecule has 0 unspecified atom stereocenters. The summed E-state index contributed by atoms with van der Waals surface area (Å²) in [5.74, 6) is -1.61. The lowest BCUT2D eigenvalue weighted by molar-refractivity contribution is -0.274. The molecule has 0 radical (unpaired) electrons. The van der Waals surface area contributed by atoms with Gasteiger partial charge in [-0.05, 0) is 49.2 Å². The van der Waals surface area contributed by atoms with Crippen molar-refractivity contribution in [2.45, 2.75) is 25.8 Å². The first-order valence-electron chi connectivity index (χ1n) is 8.21. The average molecular weight is 379 g/mol. The van der Waals surface area contributed by atoms with Gasteiger partial charge in [-0.2, -0.15) is 0 Å². The van der Waals surface area contributed by atoms with Crippen molar-refractivity contribution in [1.29, 1.82) is 0 Å². The maximum atomic E-state index is 12.6. The maximum Gasteiger partial charge on any atom is 0.573 e. The van der Waals surface area contributed by atoms with Crippen LogP contribution >= 0.6 is 0 Å². The number of ether oxygens (including phenoxy) is 2. The molecule has 1 aliphatic heterocycles. The van der Waals surface area contributed by atoms with Crippen LogP contribution in [0.25, 0.3) is 0 Å². The van der Waals surface area contributed by atoms with Gasteiger partial charge in [0, 0.05) is 12.2 Å². The molecule has 1 aliphatic rings. The van der Waals surface area contributed by atoms with E-state index in [1.807, 2.05) is 24.3 Å². The highest BCUT2D eigenvalue weighted by atomic mass is 19.4. The van der Waals surface area contributed by atoms with E-state index in [9.17, 15) is 22.8 Å².